The summed E-state index contributed by atoms with van der Waals surface area (Å²) in [6.45, 7) is 7.52. The lowest BCUT2D eigenvalue weighted by molar-refractivity contribution is -0.139. The zero-order valence-electron chi connectivity index (χ0n) is 23.2. The maximum Gasteiger partial charge on any atom is 0.264 e. The van der Waals surface area contributed by atoms with E-state index in [1.807, 2.05) is 32.9 Å². The molecule has 0 aliphatic rings. The van der Waals surface area contributed by atoms with Gasteiger partial charge in [-0.1, -0.05) is 43.3 Å². The van der Waals surface area contributed by atoms with Crippen molar-refractivity contribution in [3.05, 3.63) is 89.5 Å². The van der Waals surface area contributed by atoms with Crippen LogP contribution < -0.4 is 14.4 Å². The van der Waals surface area contributed by atoms with E-state index in [-0.39, 0.29) is 17.3 Å². The third kappa shape index (κ3) is 7.38. The quantitative estimate of drug-likeness (QED) is 0.359. The van der Waals surface area contributed by atoms with Crippen molar-refractivity contribution in [3.63, 3.8) is 0 Å². The molecule has 3 aromatic carbocycles. The van der Waals surface area contributed by atoms with E-state index < -0.39 is 28.5 Å². The second kappa shape index (κ2) is 13.3. The van der Waals surface area contributed by atoms with Crippen LogP contribution in [0.25, 0.3) is 0 Å². The highest BCUT2D eigenvalue weighted by molar-refractivity contribution is 7.92. The minimum Gasteiger partial charge on any atom is -0.497 e. The van der Waals surface area contributed by atoms with Crippen LogP contribution in [0.15, 0.2) is 77.7 Å². The van der Waals surface area contributed by atoms with Gasteiger partial charge < -0.3 is 15.0 Å². The Kier molecular flexibility index (Phi) is 10.1. The van der Waals surface area contributed by atoms with Crippen LogP contribution in [0, 0.1) is 13.8 Å². The molecule has 0 fully saturated rings. The van der Waals surface area contributed by atoms with Gasteiger partial charge >= 0.3 is 0 Å². The minimum atomic E-state index is -4.09. The molecule has 2 amide bonds. The van der Waals surface area contributed by atoms with E-state index in [1.54, 1.807) is 62.6 Å². The monoisotopic (exact) mass is 551 g/mol. The fraction of sp³-hybridized carbons (Fsp3) is 0.333. The largest absolute Gasteiger partial charge is 0.497 e. The Bertz CT molecular complexity index is 1390. The molecule has 0 saturated carbocycles. The molecule has 0 spiro atoms. The summed E-state index contributed by atoms with van der Waals surface area (Å²) >= 11 is 0. The fourth-order valence-corrected chi connectivity index (χ4v) is 5.50. The van der Waals surface area contributed by atoms with E-state index in [4.69, 9.17) is 4.74 Å². The van der Waals surface area contributed by atoms with E-state index >= 15 is 0 Å². The lowest BCUT2D eigenvalue weighted by atomic mass is 10.1. The Morgan fingerprint density at radius 1 is 0.949 bits per heavy atom. The van der Waals surface area contributed by atoms with Crippen molar-refractivity contribution in [2.75, 3.05) is 24.5 Å². The van der Waals surface area contributed by atoms with Crippen LogP contribution in [0.3, 0.4) is 0 Å². The number of amides is 2. The van der Waals surface area contributed by atoms with Crippen LogP contribution in [0.4, 0.5) is 5.69 Å². The first-order valence-electron chi connectivity index (χ1n) is 12.9. The van der Waals surface area contributed by atoms with Crippen LogP contribution in [0.5, 0.6) is 5.75 Å². The molecule has 39 heavy (non-hydrogen) atoms. The van der Waals surface area contributed by atoms with Crippen molar-refractivity contribution in [1.82, 2.24) is 10.2 Å². The van der Waals surface area contributed by atoms with Gasteiger partial charge in [0.05, 0.1) is 17.7 Å². The van der Waals surface area contributed by atoms with Gasteiger partial charge in [0.15, 0.2) is 0 Å². The lowest BCUT2D eigenvalue weighted by Gasteiger charge is -2.32. The van der Waals surface area contributed by atoms with Gasteiger partial charge in [0, 0.05) is 13.1 Å². The van der Waals surface area contributed by atoms with Gasteiger partial charge in [-0.2, -0.15) is 0 Å². The number of carbonyl (C=O) groups is 2. The highest BCUT2D eigenvalue weighted by atomic mass is 32.2. The SMILES string of the molecule is CCCNC(=O)[C@H](C)N(Cc1cccc(OC)c1)C(=O)CN(c1ccc(C)c(C)c1)S(=O)(=O)c1ccccc1. The number of nitrogens with zero attached hydrogens (tertiary/aromatic N) is 2. The average molecular weight is 552 g/mol. The van der Waals surface area contributed by atoms with Gasteiger partial charge in [-0.05, 0) is 80.3 Å². The molecule has 9 heteroatoms. The van der Waals surface area contributed by atoms with Gasteiger partial charge in [0.2, 0.25) is 11.8 Å². The summed E-state index contributed by atoms with van der Waals surface area (Å²) in [6.07, 6.45) is 0.748. The van der Waals surface area contributed by atoms with E-state index in [1.165, 1.54) is 17.0 Å². The Morgan fingerprint density at radius 2 is 1.67 bits per heavy atom. The maximum absolute atomic E-state index is 13.9. The smallest absolute Gasteiger partial charge is 0.264 e. The van der Waals surface area contributed by atoms with Crippen LogP contribution in [-0.4, -0.2) is 51.4 Å². The molecule has 0 aliphatic carbocycles. The summed E-state index contributed by atoms with van der Waals surface area (Å²) in [5.74, 6) is -0.196. The zero-order valence-corrected chi connectivity index (χ0v) is 24.0. The van der Waals surface area contributed by atoms with Crippen molar-refractivity contribution < 1.29 is 22.7 Å². The zero-order chi connectivity index (χ0) is 28.6. The summed E-state index contributed by atoms with van der Waals surface area (Å²) in [7, 11) is -2.54. The highest BCUT2D eigenvalue weighted by Gasteiger charge is 2.32. The Morgan fingerprint density at radius 3 is 2.31 bits per heavy atom. The molecule has 0 radical (unpaired) electrons. The molecule has 1 N–H and O–H groups in total. The van der Waals surface area contributed by atoms with Crippen LogP contribution >= 0.6 is 0 Å². The molecule has 3 rings (SSSR count). The predicted octanol–water partition coefficient (Wildman–Crippen LogP) is 4.45. The fourth-order valence-electron chi connectivity index (χ4n) is 4.08. The maximum atomic E-state index is 13.9. The molecule has 0 heterocycles. The van der Waals surface area contributed by atoms with Crippen LogP contribution in [0.2, 0.25) is 0 Å². The molecule has 0 unspecified atom stereocenters. The average Bonchev–Trinajstić information content (AvgIpc) is 2.94. The normalized spacial score (nSPS) is 11.9. The molecule has 1 atom stereocenters. The number of hydrogen-bond donors (Lipinski definition) is 1. The third-order valence-electron chi connectivity index (χ3n) is 6.59. The first kappa shape index (κ1) is 29.7. The van der Waals surface area contributed by atoms with E-state index in [0.29, 0.717) is 18.0 Å². The predicted molar refractivity (Wildman–Crippen MR) is 153 cm³/mol. The van der Waals surface area contributed by atoms with Gasteiger partial charge in [-0.25, -0.2) is 8.42 Å². The summed E-state index contributed by atoms with van der Waals surface area (Å²) in [4.78, 5) is 28.4. The molecule has 0 saturated heterocycles. The number of carbonyl (C=O) groups excluding carboxylic acids is 2. The molecule has 208 valence electrons. The third-order valence-corrected chi connectivity index (χ3v) is 8.38. The van der Waals surface area contributed by atoms with Crippen LogP contribution in [0.1, 0.15) is 37.0 Å². The Labute approximate surface area is 231 Å². The number of nitrogens with one attached hydrogen (secondary N) is 1. The molecule has 0 aromatic heterocycles. The van der Waals surface area contributed by atoms with Gasteiger partial charge in [-0.3, -0.25) is 13.9 Å². The Balaban J connectivity index is 2.04. The van der Waals surface area contributed by atoms with Gasteiger partial charge in [0.25, 0.3) is 10.0 Å². The first-order valence-corrected chi connectivity index (χ1v) is 14.4. The number of hydrogen-bond acceptors (Lipinski definition) is 5. The van der Waals surface area contributed by atoms with E-state index in [9.17, 15) is 18.0 Å². The van der Waals surface area contributed by atoms with Gasteiger partial charge in [-0.15, -0.1) is 0 Å². The number of ether oxygens (including phenoxy) is 1. The molecular weight excluding hydrogens is 514 g/mol. The Hall–Kier alpha value is -3.85. The van der Waals surface area contributed by atoms with E-state index in [0.717, 1.165) is 27.4 Å². The summed E-state index contributed by atoms with van der Waals surface area (Å²) in [6, 6.07) is 19.7. The number of methoxy groups -OCH3 is 1. The second-order valence-electron chi connectivity index (χ2n) is 9.43. The molecule has 8 nitrogen and oxygen atoms in total. The number of rotatable bonds is 12. The van der Waals surface area contributed by atoms with Crippen molar-refractivity contribution >= 4 is 27.5 Å². The number of anilines is 1. The summed E-state index contributed by atoms with van der Waals surface area (Å²) in [5.41, 5.74) is 3.03. The summed E-state index contributed by atoms with van der Waals surface area (Å²) < 4.78 is 34.1. The van der Waals surface area contributed by atoms with Crippen LogP contribution in [-0.2, 0) is 26.2 Å². The number of aryl methyl sites for hydroxylation is 2. The standard InChI is InChI=1S/C30H37N3O5S/c1-6-17-31-30(35)24(4)32(20-25-11-10-12-27(19-25)38-5)29(34)21-33(26-16-15-22(2)23(3)18-26)39(36,37)28-13-8-7-9-14-28/h7-16,18-19,24H,6,17,20-21H2,1-5H3,(H,31,35)/t24-/m0/s1. The molecule has 0 bridgehead atoms. The van der Waals surface area contributed by atoms with Crippen molar-refractivity contribution in [2.24, 2.45) is 0 Å². The van der Waals surface area contributed by atoms with Gasteiger partial charge in [0.1, 0.15) is 18.3 Å². The van der Waals surface area contributed by atoms with Crippen molar-refractivity contribution in [3.8, 4) is 5.75 Å². The molecular formula is C30H37N3O5S. The number of benzene rings is 3. The molecule has 0 aliphatic heterocycles. The summed E-state index contributed by atoms with van der Waals surface area (Å²) in [5, 5.41) is 2.84. The van der Waals surface area contributed by atoms with Crippen molar-refractivity contribution in [2.45, 2.75) is 51.6 Å². The lowest BCUT2D eigenvalue weighted by Crippen LogP contribution is -2.51. The topological polar surface area (TPSA) is 96.0 Å². The van der Waals surface area contributed by atoms with E-state index in [2.05, 4.69) is 5.32 Å². The second-order valence-corrected chi connectivity index (χ2v) is 11.3. The van der Waals surface area contributed by atoms with Crippen molar-refractivity contribution in [1.29, 1.82) is 0 Å². The number of sulfonamides is 1. The minimum absolute atomic E-state index is 0.0733. The highest BCUT2D eigenvalue weighted by Crippen LogP contribution is 2.26. The first-order chi connectivity index (χ1) is 18.6. The molecule has 3 aromatic rings.